The number of hydrogen-bond acceptors (Lipinski definition) is 6. The van der Waals surface area contributed by atoms with Gasteiger partial charge in [0.15, 0.2) is 11.5 Å². The number of hydrogen-bond donors (Lipinski definition) is 3. The van der Waals surface area contributed by atoms with Crippen molar-refractivity contribution in [1.29, 1.82) is 0 Å². The predicted octanol–water partition coefficient (Wildman–Crippen LogP) is 4.00. The van der Waals surface area contributed by atoms with Crippen LogP contribution < -0.4 is 15.5 Å². The number of pyridine rings is 1. The molecule has 1 unspecified atom stereocenters. The van der Waals surface area contributed by atoms with Gasteiger partial charge in [-0.3, -0.25) is 14.5 Å². The monoisotopic (exact) mass is 535 g/mol. The third-order valence-corrected chi connectivity index (χ3v) is 6.64. The molecular formula is C29H30ClN3O5. The molecule has 38 heavy (non-hydrogen) atoms. The molecule has 198 valence electrons. The fourth-order valence-corrected chi connectivity index (χ4v) is 4.48. The summed E-state index contributed by atoms with van der Waals surface area (Å²) in [5, 5.41) is 24.3. The first-order valence-corrected chi connectivity index (χ1v) is 12.4. The largest absolute Gasteiger partial charge is 0.504 e. The maximum absolute atomic E-state index is 13.3. The van der Waals surface area contributed by atoms with Gasteiger partial charge in [0.1, 0.15) is 5.56 Å². The Kier molecular flexibility index (Phi) is 8.36. The van der Waals surface area contributed by atoms with Gasteiger partial charge in [-0.05, 0) is 60.1 Å². The minimum Gasteiger partial charge on any atom is -0.504 e. The van der Waals surface area contributed by atoms with E-state index in [2.05, 4.69) is 5.32 Å². The highest BCUT2D eigenvalue weighted by atomic mass is 35.5. The fourth-order valence-electron chi connectivity index (χ4n) is 4.36. The second kappa shape index (κ2) is 11.7. The molecule has 4 aromatic rings. The number of benzene rings is 3. The smallest absolute Gasteiger partial charge is 0.257 e. The van der Waals surface area contributed by atoms with Gasteiger partial charge >= 0.3 is 0 Å². The van der Waals surface area contributed by atoms with E-state index >= 15 is 0 Å². The molecule has 1 aromatic heterocycles. The molecule has 4 rings (SSSR count). The maximum atomic E-state index is 13.3. The number of ether oxygens (including phenoxy) is 1. The first-order chi connectivity index (χ1) is 18.2. The lowest BCUT2D eigenvalue weighted by molar-refractivity contribution is 0.0949. The zero-order valence-corrected chi connectivity index (χ0v) is 22.2. The van der Waals surface area contributed by atoms with Crippen LogP contribution in [0.5, 0.6) is 11.5 Å². The number of halogens is 1. The molecule has 1 atom stereocenters. The molecule has 0 bridgehead atoms. The minimum absolute atomic E-state index is 0.00702. The second-order valence-corrected chi connectivity index (χ2v) is 9.72. The van der Waals surface area contributed by atoms with E-state index in [0.29, 0.717) is 40.3 Å². The van der Waals surface area contributed by atoms with Crippen molar-refractivity contribution in [3.63, 3.8) is 0 Å². The second-order valence-electron chi connectivity index (χ2n) is 9.29. The van der Waals surface area contributed by atoms with Crippen molar-refractivity contribution < 1.29 is 19.7 Å². The Morgan fingerprint density at radius 3 is 2.53 bits per heavy atom. The van der Waals surface area contributed by atoms with Crippen LogP contribution in [0, 0.1) is 0 Å². The van der Waals surface area contributed by atoms with E-state index < -0.39 is 12.0 Å². The van der Waals surface area contributed by atoms with Gasteiger partial charge in [-0.1, -0.05) is 35.9 Å². The van der Waals surface area contributed by atoms with Gasteiger partial charge in [-0.15, -0.1) is 0 Å². The number of phenolic OH excluding ortho intramolecular Hbond substituents is 1. The van der Waals surface area contributed by atoms with E-state index in [1.807, 2.05) is 36.2 Å². The minimum atomic E-state index is -0.807. The molecule has 0 saturated heterocycles. The lowest BCUT2D eigenvalue weighted by Gasteiger charge is -2.21. The number of nitrogens with zero attached hydrogens (tertiary/aromatic N) is 2. The Labute approximate surface area is 225 Å². The number of aliphatic hydroxyl groups excluding tert-OH is 1. The highest BCUT2D eigenvalue weighted by Gasteiger charge is 2.17. The van der Waals surface area contributed by atoms with Crippen molar-refractivity contribution in [3.05, 3.63) is 104 Å². The number of phenols is 1. The first kappa shape index (κ1) is 27.2. The van der Waals surface area contributed by atoms with Gasteiger partial charge in [-0.25, -0.2) is 0 Å². The number of methoxy groups -OCH3 is 1. The predicted molar refractivity (Wildman–Crippen MR) is 148 cm³/mol. The Bertz CT molecular complexity index is 1520. The van der Waals surface area contributed by atoms with Crippen molar-refractivity contribution in [2.24, 2.45) is 7.05 Å². The number of carbonyl (C=O) groups is 1. The van der Waals surface area contributed by atoms with Crippen LogP contribution in [0.1, 0.15) is 33.2 Å². The number of rotatable bonds is 9. The van der Waals surface area contributed by atoms with Crippen molar-refractivity contribution in [2.45, 2.75) is 19.2 Å². The van der Waals surface area contributed by atoms with E-state index in [-0.39, 0.29) is 23.3 Å². The van der Waals surface area contributed by atoms with E-state index in [9.17, 15) is 19.8 Å². The number of amides is 1. The number of carbonyl (C=O) groups excluding carboxylic acids is 1. The van der Waals surface area contributed by atoms with Crippen LogP contribution in [0.25, 0.3) is 10.9 Å². The SMILES string of the molecule is COc1cc(C(O)CN(C)Cc2ccc3c(c2)c(=O)c(C(=O)NCc2ccc(Cl)cc2)cn3C)ccc1O. The van der Waals surface area contributed by atoms with Crippen molar-refractivity contribution >= 4 is 28.4 Å². The van der Waals surface area contributed by atoms with Crippen LogP contribution in [0.3, 0.4) is 0 Å². The number of fused-ring (bicyclic) bond motifs is 1. The van der Waals surface area contributed by atoms with Crippen molar-refractivity contribution in [1.82, 2.24) is 14.8 Å². The molecule has 0 radical (unpaired) electrons. The summed E-state index contributed by atoms with van der Waals surface area (Å²) in [4.78, 5) is 28.1. The molecule has 0 fully saturated rings. The molecule has 3 aromatic carbocycles. The topological polar surface area (TPSA) is 104 Å². The molecule has 1 heterocycles. The van der Waals surface area contributed by atoms with Crippen LogP contribution >= 0.6 is 11.6 Å². The van der Waals surface area contributed by atoms with Crippen LogP contribution in [-0.4, -0.2) is 46.3 Å². The highest BCUT2D eigenvalue weighted by molar-refractivity contribution is 6.30. The first-order valence-electron chi connectivity index (χ1n) is 12.0. The van der Waals surface area contributed by atoms with E-state index in [1.54, 1.807) is 48.1 Å². The lowest BCUT2D eigenvalue weighted by Crippen LogP contribution is -2.29. The number of aromatic hydroxyl groups is 1. The van der Waals surface area contributed by atoms with Gasteiger partial charge in [0.05, 0.1) is 18.7 Å². The van der Waals surface area contributed by atoms with E-state index in [0.717, 1.165) is 11.1 Å². The molecule has 1 amide bonds. The molecule has 9 heteroatoms. The summed E-state index contributed by atoms with van der Waals surface area (Å²) in [5.74, 6) is -0.146. The fraction of sp³-hybridized carbons (Fsp3) is 0.241. The molecule has 0 saturated carbocycles. The zero-order valence-electron chi connectivity index (χ0n) is 21.4. The van der Waals surface area contributed by atoms with Crippen molar-refractivity contribution in [3.8, 4) is 11.5 Å². The standard InChI is InChI=1S/C29H30ClN3O5/c1-32(17-26(35)20-7-11-25(34)27(13-20)38-3)15-19-6-10-24-22(12-19)28(36)23(16-33(24)2)29(37)31-14-18-4-8-21(30)9-5-18/h4-13,16,26,34-35H,14-15,17H2,1-3H3,(H,31,37). The van der Waals surface area contributed by atoms with Crippen LogP contribution in [0.2, 0.25) is 5.02 Å². The number of aryl methyl sites for hydroxylation is 1. The molecule has 0 aliphatic carbocycles. The Morgan fingerprint density at radius 2 is 1.82 bits per heavy atom. The summed E-state index contributed by atoms with van der Waals surface area (Å²) in [6.07, 6.45) is 0.745. The number of aromatic nitrogens is 1. The van der Waals surface area contributed by atoms with E-state index in [4.69, 9.17) is 16.3 Å². The average molecular weight is 536 g/mol. The normalized spacial score (nSPS) is 12.1. The number of nitrogens with one attached hydrogen (secondary N) is 1. The van der Waals surface area contributed by atoms with Gasteiger partial charge < -0.3 is 24.8 Å². The molecular weight excluding hydrogens is 506 g/mol. The Balaban J connectivity index is 1.50. The van der Waals surface area contributed by atoms with Crippen LogP contribution in [-0.2, 0) is 20.1 Å². The quantitative estimate of drug-likeness (QED) is 0.299. The lowest BCUT2D eigenvalue weighted by atomic mass is 10.1. The third kappa shape index (κ3) is 6.16. The van der Waals surface area contributed by atoms with Gasteiger partial charge in [0.25, 0.3) is 5.91 Å². The molecule has 3 N–H and O–H groups in total. The van der Waals surface area contributed by atoms with Crippen molar-refractivity contribution in [2.75, 3.05) is 20.7 Å². The number of likely N-dealkylation sites (N-methyl/N-ethyl adjacent to an activating group) is 1. The van der Waals surface area contributed by atoms with Crippen LogP contribution in [0.15, 0.2) is 71.7 Å². The maximum Gasteiger partial charge on any atom is 0.257 e. The Morgan fingerprint density at radius 1 is 1.11 bits per heavy atom. The third-order valence-electron chi connectivity index (χ3n) is 6.39. The molecule has 0 spiro atoms. The molecule has 0 aliphatic rings. The summed E-state index contributed by atoms with van der Waals surface area (Å²) < 4.78 is 6.89. The molecule has 0 aliphatic heterocycles. The summed E-state index contributed by atoms with van der Waals surface area (Å²) in [5.41, 5.74) is 2.80. The average Bonchev–Trinajstić information content (AvgIpc) is 2.90. The van der Waals surface area contributed by atoms with Gasteiger partial charge in [-0.2, -0.15) is 0 Å². The Hall–Kier alpha value is -3.85. The van der Waals surface area contributed by atoms with Gasteiger partial charge in [0.2, 0.25) is 5.43 Å². The number of aliphatic hydroxyl groups is 1. The highest BCUT2D eigenvalue weighted by Crippen LogP contribution is 2.29. The summed E-state index contributed by atoms with van der Waals surface area (Å²) in [6, 6.07) is 17.4. The summed E-state index contributed by atoms with van der Waals surface area (Å²) in [6.45, 7) is 1.06. The zero-order chi connectivity index (χ0) is 27.4. The van der Waals surface area contributed by atoms with E-state index in [1.165, 1.54) is 13.2 Å². The van der Waals surface area contributed by atoms with Gasteiger partial charge in [0, 0.05) is 43.3 Å². The van der Waals surface area contributed by atoms with Crippen LogP contribution in [0.4, 0.5) is 0 Å². The molecule has 8 nitrogen and oxygen atoms in total. The summed E-state index contributed by atoms with van der Waals surface area (Å²) >= 11 is 5.92. The summed E-state index contributed by atoms with van der Waals surface area (Å²) in [7, 11) is 5.12.